The van der Waals surface area contributed by atoms with E-state index in [1.807, 2.05) is 0 Å². The number of hydrogen-bond acceptors (Lipinski definition) is 7. The van der Waals surface area contributed by atoms with Crippen LogP contribution in [-0.2, 0) is 24.3 Å². The molecule has 10 heteroatoms. The van der Waals surface area contributed by atoms with Crippen LogP contribution in [0.2, 0.25) is 0 Å². The molecule has 1 unspecified atom stereocenters. The van der Waals surface area contributed by atoms with E-state index < -0.39 is 34.0 Å². The van der Waals surface area contributed by atoms with Gasteiger partial charge >= 0.3 is 5.97 Å². The minimum atomic E-state index is -4.03. The number of carbonyl (C=O) groups is 2. The molecule has 0 spiro atoms. The van der Waals surface area contributed by atoms with Crippen molar-refractivity contribution in [1.29, 1.82) is 0 Å². The Morgan fingerprint density at radius 1 is 0.829 bits per heavy atom. The highest BCUT2D eigenvalue weighted by atomic mass is 32.2. The molecule has 35 heavy (non-hydrogen) atoms. The Bertz CT molecular complexity index is 1260. The lowest BCUT2D eigenvalue weighted by molar-refractivity contribution is -0.156. The average molecular weight is 499 g/mol. The van der Waals surface area contributed by atoms with Gasteiger partial charge in [0.05, 0.1) is 19.1 Å². The summed E-state index contributed by atoms with van der Waals surface area (Å²) >= 11 is 0. The highest BCUT2D eigenvalue weighted by molar-refractivity contribution is 7.89. The van der Waals surface area contributed by atoms with Crippen LogP contribution in [0, 0.1) is 0 Å². The lowest BCUT2D eigenvalue weighted by atomic mass is 10.1. The van der Waals surface area contributed by atoms with Crippen molar-refractivity contribution < 1.29 is 32.2 Å². The molecule has 3 aromatic carbocycles. The van der Waals surface area contributed by atoms with Gasteiger partial charge in [0.2, 0.25) is 16.1 Å². The number of nitrogens with one attached hydrogen (secondary N) is 2. The minimum Gasteiger partial charge on any atom is -0.497 e. The lowest BCUT2D eigenvalue weighted by Crippen LogP contribution is -2.41. The third kappa shape index (κ3) is 6.81. The maximum atomic E-state index is 13.1. The summed E-state index contributed by atoms with van der Waals surface area (Å²) in [6.07, 6.45) is -1.32. The number of carbonyl (C=O) groups excluding carboxylic acids is 2. The van der Waals surface area contributed by atoms with E-state index in [0.29, 0.717) is 22.7 Å². The van der Waals surface area contributed by atoms with Crippen molar-refractivity contribution in [3.05, 3.63) is 84.4 Å². The number of benzene rings is 3. The van der Waals surface area contributed by atoms with E-state index in [0.717, 1.165) is 0 Å². The van der Waals surface area contributed by atoms with Gasteiger partial charge < -0.3 is 19.5 Å². The Balaban J connectivity index is 1.76. The zero-order valence-electron chi connectivity index (χ0n) is 19.4. The summed E-state index contributed by atoms with van der Waals surface area (Å²) in [5, 5.41) is 2.70. The predicted molar refractivity (Wildman–Crippen MR) is 130 cm³/mol. The van der Waals surface area contributed by atoms with Crippen molar-refractivity contribution in [2.24, 2.45) is 0 Å². The first kappa shape index (κ1) is 25.7. The fourth-order valence-electron chi connectivity index (χ4n) is 3.13. The SMILES string of the molecule is COc1ccc(S(=O)(=O)N[C@@H](C)C(=O)OC(C(=O)Nc2cccc(OC)c2)c2ccccc2)cc1. The van der Waals surface area contributed by atoms with Gasteiger partial charge in [-0.1, -0.05) is 36.4 Å². The molecule has 0 radical (unpaired) electrons. The molecule has 0 fully saturated rings. The smallest absolute Gasteiger partial charge is 0.325 e. The van der Waals surface area contributed by atoms with Gasteiger partial charge in [0, 0.05) is 17.3 Å². The summed E-state index contributed by atoms with van der Waals surface area (Å²) in [5.74, 6) is -0.499. The average Bonchev–Trinajstić information content (AvgIpc) is 2.87. The summed E-state index contributed by atoms with van der Waals surface area (Å²) in [7, 11) is -1.06. The monoisotopic (exact) mass is 498 g/mol. The summed E-state index contributed by atoms with van der Waals surface area (Å²) in [4.78, 5) is 25.8. The molecular weight excluding hydrogens is 472 g/mol. The van der Waals surface area contributed by atoms with E-state index >= 15 is 0 Å². The first-order valence-electron chi connectivity index (χ1n) is 10.6. The number of amides is 1. The van der Waals surface area contributed by atoms with Crippen LogP contribution in [0.3, 0.4) is 0 Å². The Morgan fingerprint density at radius 2 is 1.49 bits per heavy atom. The molecule has 0 aromatic heterocycles. The number of anilines is 1. The van der Waals surface area contributed by atoms with Crippen LogP contribution in [-0.4, -0.2) is 40.6 Å². The third-order valence-corrected chi connectivity index (χ3v) is 6.52. The maximum absolute atomic E-state index is 13.1. The number of sulfonamides is 1. The third-order valence-electron chi connectivity index (χ3n) is 4.97. The second kappa shape index (κ2) is 11.5. The van der Waals surface area contributed by atoms with Gasteiger partial charge in [-0.25, -0.2) is 8.42 Å². The van der Waals surface area contributed by atoms with Crippen LogP contribution in [0.15, 0.2) is 83.8 Å². The highest BCUT2D eigenvalue weighted by Gasteiger charge is 2.30. The number of rotatable bonds is 10. The number of ether oxygens (including phenoxy) is 3. The molecule has 0 saturated heterocycles. The summed E-state index contributed by atoms with van der Waals surface area (Å²) in [6.45, 7) is 1.34. The van der Waals surface area contributed by atoms with Crippen molar-refractivity contribution in [2.45, 2.75) is 24.0 Å². The second-order valence-corrected chi connectivity index (χ2v) is 9.18. The first-order valence-corrected chi connectivity index (χ1v) is 12.1. The number of hydrogen-bond donors (Lipinski definition) is 2. The van der Waals surface area contributed by atoms with Crippen LogP contribution < -0.4 is 19.5 Å². The van der Waals surface area contributed by atoms with Gasteiger partial charge in [0.25, 0.3) is 5.91 Å². The Morgan fingerprint density at radius 3 is 2.11 bits per heavy atom. The van der Waals surface area contributed by atoms with Gasteiger partial charge in [0.1, 0.15) is 17.5 Å². The molecule has 0 aliphatic rings. The Labute approximate surface area is 204 Å². The van der Waals surface area contributed by atoms with Crippen LogP contribution >= 0.6 is 0 Å². The van der Waals surface area contributed by atoms with Crippen molar-refractivity contribution in [1.82, 2.24) is 4.72 Å². The molecule has 0 aliphatic heterocycles. The molecule has 184 valence electrons. The van der Waals surface area contributed by atoms with E-state index in [9.17, 15) is 18.0 Å². The van der Waals surface area contributed by atoms with Gasteiger partial charge in [-0.3, -0.25) is 9.59 Å². The quantitative estimate of drug-likeness (QED) is 0.412. The number of methoxy groups -OCH3 is 2. The van der Waals surface area contributed by atoms with Gasteiger partial charge in [0.15, 0.2) is 0 Å². The van der Waals surface area contributed by atoms with Crippen LogP contribution in [0.25, 0.3) is 0 Å². The van der Waals surface area contributed by atoms with E-state index in [1.54, 1.807) is 54.6 Å². The normalized spacial score (nSPS) is 12.8. The molecule has 3 aromatic rings. The fraction of sp³-hybridized carbons (Fsp3) is 0.200. The zero-order valence-corrected chi connectivity index (χ0v) is 20.2. The molecule has 0 heterocycles. The van der Waals surface area contributed by atoms with Crippen LogP contribution in [0.5, 0.6) is 11.5 Å². The Hall–Kier alpha value is -3.89. The van der Waals surface area contributed by atoms with Crippen molar-refractivity contribution in [3.63, 3.8) is 0 Å². The fourth-order valence-corrected chi connectivity index (χ4v) is 4.32. The standard InChI is InChI=1S/C25H26N2O7S/c1-17(27-35(30,31)22-14-12-20(32-2)13-15-22)25(29)34-23(18-8-5-4-6-9-18)24(28)26-19-10-7-11-21(16-19)33-3/h4-17,23,27H,1-3H3,(H,26,28)/t17-,23?/m0/s1. The van der Waals surface area contributed by atoms with Crippen LogP contribution in [0.1, 0.15) is 18.6 Å². The summed E-state index contributed by atoms with van der Waals surface area (Å²) in [5.41, 5.74) is 0.867. The molecular formula is C25H26N2O7S. The highest BCUT2D eigenvalue weighted by Crippen LogP contribution is 2.23. The largest absolute Gasteiger partial charge is 0.497 e. The number of esters is 1. The molecule has 2 atom stereocenters. The van der Waals surface area contributed by atoms with E-state index in [2.05, 4.69) is 10.0 Å². The van der Waals surface area contributed by atoms with Gasteiger partial charge in [-0.05, 0) is 43.3 Å². The van der Waals surface area contributed by atoms with Crippen molar-refractivity contribution >= 4 is 27.6 Å². The first-order chi connectivity index (χ1) is 16.7. The molecule has 0 aliphatic carbocycles. The van der Waals surface area contributed by atoms with Crippen LogP contribution in [0.4, 0.5) is 5.69 Å². The van der Waals surface area contributed by atoms with Gasteiger partial charge in [-0.15, -0.1) is 0 Å². The topological polar surface area (TPSA) is 120 Å². The second-order valence-electron chi connectivity index (χ2n) is 7.47. The summed E-state index contributed by atoms with van der Waals surface area (Å²) in [6, 6.07) is 19.6. The van der Waals surface area contributed by atoms with Crippen molar-refractivity contribution in [2.75, 3.05) is 19.5 Å². The molecule has 0 bridgehead atoms. The molecule has 3 rings (SSSR count). The molecule has 0 saturated carbocycles. The van der Waals surface area contributed by atoms with E-state index in [1.165, 1.54) is 45.4 Å². The molecule has 9 nitrogen and oxygen atoms in total. The molecule has 2 N–H and O–H groups in total. The lowest BCUT2D eigenvalue weighted by Gasteiger charge is -2.21. The molecule has 1 amide bonds. The van der Waals surface area contributed by atoms with E-state index in [4.69, 9.17) is 14.2 Å². The van der Waals surface area contributed by atoms with E-state index in [-0.39, 0.29) is 4.90 Å². The Kier molecular flexibility index (Phi) is 8.45. The summed E-state index contributed by atoms with van der Waals surface area (Å²) < 4.78 is 43.3. The predicted octanol–water partition coefficient (Wildman–Crippen LogP) is 3.29. The minimum absolute atomic E-state index is 0.0478. The van der Waals surface area contributed by atoms with Crippen molar-refractivity contribution in [3.8, 4) is 11.5 Å². The zero-order chi connectivity index (χ0) is 25.4. The van der Waals surface area contributed by atoms with Gasteiger partial charge in [-0.2, -0.15) is 4.72 Å². The maximum Gasteiger partial charge on any atom is 0.325 e.